The predicted octanol–water partition coefficient (Wildman–Crippen LogP) is 0.383. The van der Waals surface area contributed by atoms with E-state index in [0.29, 0.717) is 10.8 Å². The Kier molecular flexibility index (Phi) is 3.11. The molecule has 1 aliphatic heterocycles. The molecule has 1 aromatic rings. The fourth-order valence-electron chi connectivity index (χ4n) is 1.63. The van der Waals surface area contributed by atoms with Crippen molar-refractivity contribution in [3.63, 3.8) is 0 Å². The Balaban J connectivity index is 2.22. The summed E-state index contributed by atoms with van der Waals surface area (Å²) >= 11 is 1.28. The number of sulfone groups is 1. The Hall–Kier alpha value is -0.430. The van der Waals surface area contributed by atoms with Gasteiger partial charge in [0.15, 0.2) is 0 Å². The molecule has 1 N–H and O–H groups in total. The van der Waals surface area contributed by atoms with Crippen LogP contribution >= 0.6 is 11.3 Å². The first-order chi connectivity index (χ1) is 7.10. The van der Waals surface area contributed by atoms with Crippen LogP contribution < -0.4 is 5.32 Å². The highest BCUT2D eigenvalue weighted by atomic mass is 32.2. The molecule has 2 rings (SSSR count). The summed E-state index contributed by atoms with van der Waals surface area (Å²) in [5.41, 5.74) is 0. The van der Waals surface area contributed by atoms with Crippen LogP contribution in [-0.2, 0) is 9.84 Å². The molecule has 0 aliphatic carbocycles. The summed E-state index contributed by atoms with van der Waals surface area (Å²) in [6.45, 7) is 2.18. The van der Waals surface area contributed by atoms with Gasteiger partial charge in [-0.25, -0.2) is 8.42 Å². The van der Waals surface area contributed by atoms with Crippen molar-refractivity contribution in [2.24, 2.45) is 0 Å². The number of nitrogens with one attached hydrogen (secondary N) is 1. The summed E-state index contributed by atoms with van der Waals surface area (Å²) < 4.78 is 24.7. The van der Waals surface area contributed by atoms with Crippen molar-refractivity contribution in [2.75, 3.05) is 26.7 Å². The van der Waals surface area contributed by atoms with Gasteiger partial charge in [-0.3, -0.25) is 5.32 Å². The molecule has 0 aromatic carbocycles. The van der Waals surface area contributed by atoms with Crippen molar-refractivity contribution < 1.29 is 8.42 Å². The van der Waals surface area contributed by atoms with E-state index in [1.807, 2.05) is 11.9 Å². The second kappa shape index (κ2) is 4.21. The molecule has 1 fully saturated rings. The summed E-state index contributed by atoms with van der Waals surface area (Å²) in [6, 6.07) is 3.43. The number of piperazine rings is 1. The summed E-state index contributed by atoms with van der Waals surface area (Å²) in [5, 5.41) is 4.38. The molecule has 1 atom stereocenters. The molecule has 2 heterocycles. The number of rotatable bonds is 2. The zero-order chi connectivity index (χ0) is 10.9. The number of hydrogen-bond acceptors (Lipinski definition) is 5. The number of likely N-dealkylation sites (N-methyl/N-ethyl adjacent to an activating group) is 1. The van der Waals surface area contributed by atoms with Gasteiger partial charge in [-0.1, -0.05) is 6.07 Å². The molecule has 0 spiro atoms. The maximum Gasteiger partial charge on any atom is 0.204 e. The van der Waals surface area contributed by atoms with E-state index in [-0.39, 0.29) is 0 Å². The molecule has 15 heavy (non-hydrogen) atoms. The van der Waals surface area contributed by atoms with Gasteiger partial charge in [0.05, 0.1) is 0 Å². The highest BCUT2D eigenvalue weighted by Gasteiger charge is 2.31. The van der Waals surface area contributed by atoms with E-state index in [2.05, 4.69) is 5.32 Å². The van der Waals surface area contributed by atoms with Gasteiger partial charge >= 0.3 is 0 Å². The molecule has 1 unspecified atom stereocenters. The number of nitrogens with zero attached hydrogens (tertiary/aromatic N) is 1. The molecule has 0 saturated carbocycles. The molecular weight excluding hydrogens is 232 g/mol. The zero-order valence-corrected chi connectivity index (χ0v) is 10.1. The number of thiophene rings is 1. The van der Waals surface area contributed by atoms with E-state index in [4.69, 9.17) is 0 Å². The van der Waals surface area contributed by atoms with E-state index in [9.17, 15) is 8.42 Å². The molecular formula is C9H14N2O2S2. The summed E-state index contributed by atoms with van der Waals surface area (Å²) in [5.74, 6) is 0. The molecule has 6 heteroatoms. The summed E-state index contributed by atoms with van der Waals surface area (Å²) in [4.78, 5) is 2.03. The first-order valence-corrected chi connectivity index (χ1v) is 7.22. The second-order valence-corrected chi connectivity index (χ2v) is 6.99. The predicted molar refractivity (Wildman–Crippen MR) is 60.8 cm³/mol. The lowest BCUT2D eigenvalue weighted by atomic mass is 10.4. The maximum atomic E-state index is 12.1. The minimum atomic E-state index is -3.19. The van der Waals surface area contributed by atoms with Gasteiger partial charge in [0.2, 0.25) is 9.84 Å². The standard InChI is InChI=1S/C9H14N2O2S2/c1-11-5-4-10-8(7-11)15(12,13)9-3-2-6-14-9/h2-3,6,8,10H,4-5,7H2,1H3. The Morgan fingerprint density at radius 2 is 2.40 bits per heavy atom. The Bertz CT molecular complexity index is 413. The van der Waals surface area contributed by atoms with E-state index < -0.39 is 15.2 Å². The van der Waals surface area contributed by atoms with Crippen LogP contribution in [0.3, 0.4) is 0 Å². The van der Waals surface area contributed by atoms with E-state index in [1.54, 1.807) is 17.5 Å². The second-order valence-electron chi connectivity index (χ2n) is 3.68. The fraction of sp³-hybridized carbons (Fsp3) is 0.556. The van der Waals surface area contributed by atoms with Crippen LogP contribution in [0, 0.1) is 0 Å². The maximum absolute atomic E-state index is 12.1. The van der Waals surface area contributed by atoms with Gasteiger partial charge in [-0.2, -0.15) is 0 Å². The SMILES string of the molecule is CN1CCNC(S(=O)(=O)c2cccs2)C1. The third kappa shape index (κ3) is 2.23. The highest BCUT2D eigenvalue weighted by molar-refractivity contribution is 7.94. The lowest BCUT2D eigenvalue weighted by molar-refractivity contribution is 0.272. The first-order valence-electron chi connectivity index (χ1n) is 4.80. The molecule has 0 amide bonds. The van der Waals surface area contributed by atoms with Crippen molar-refractivity contribution in [1.82, 2.24) is 10.2 Å². The molecule has 1 aromatic heterocycles. The monoisotopic (exact) mass is 246 g/mol. The third-order valence-electron chi connectivity index (χ3n) is 2.49. The molecule has 1 aliphatic rings. The Labute approximate surface area is 93.8 Å². The van der Waals surface area contributed by atoms with E-state index >= 15 is 0 Å². The van der Waals surface area contributed by atoms with Gasteiger partial charge in [0, 0.05) is 19.6 Å². The van der Waals surface area contributed by atoms with Crippen LogP contribution in [-0.4, -0.2) is 45.4 Å². The van der Waals surface area contributed by atoms with Crippen molar-refractivity contribution in [3.05, 3.63) is 17.5 Å². The van der Waals surface area contributed by atoms with Gasteiger partial charge in [0.25, 0.3) is 0 Å². The van der Waals surface area contributed by atoms with Gasteiger partial charge in [0.1, 0.15) is 9.58 Å². The van der Waals surface area contributed by atoms with Gasteiger partial charge in [-0.15, -0.1) is 11.3 Å². The van der Waals surface area contributed by atoms with Crippen molar-refractivity contribution in [3.8, 4) is 0 Å². The fourth-order valence-corrected chi connectivity index (χ4v) is 4.47. The summed E-state index contributed by atoms with van der Waals surface area (Å²) in [7, 11) is -1.24. The average molecular weight is 246 g/mol. The van der Waals surface area contributed by atoms with Crippen molar-refractivity contribution >= 4 is 21.2 Å². The van der Waals surface area contributed by atoms with Gasteiger partial charge < -0.3 is 4.90 Å². The Morgan fingerprint density at radius 1 is 1.60 bits per heavy atom. The Morgan fingerprint density at radius 3 is 3.00 bits per heavy atom. The average Bonchev–Trinajstić information content (AvgIpc) is 2.71. The first kappa shape index (κ1) is 11.1. The van der Waals surface area contributed by atoms with Crippen molar-refractivity contribution in [2.45, 2.75) is 9.58 Å². The van der Waals surface area contributed by atoms with Crippen LogP contribution in [0.1, 0.15) is 0 Å². The zero-order valence-electron chi connectivity index (χ0n) is 8.51. The largest absolute Gasteiger partial charge is 0.302 e. The summed E-state index contributed by atoms with van der Waals surface area (Å²) in [6.07, 6.45) is 0. The lowest BCUT2D eigenvalue weighted by Gasteiger charge is -2.30. The molecule has 1 saturated heterocycles. The van der Waals surface area contributed by atoms with Gasteiger partial charge in [-0.05, 0) is 18.5 Å². The normalized spacial score (nSPS) is 24.2. The van der Waals surface area contributed by atoms with Crippen molar-refractivity contribution in [1.29, 1.82) is 0 Å². The minimum absolute atomic E-state index is 0.454. The molecule has 4 nitrogen and oxygen atoms in total. The van der Waals surface area contributed by atoms with Crippen LogP contribution in [0.15, 0.2) is 21.7 Å². The third-order valence-corrected chi connectivity index (χ3v) is 5.90. The van der Waals surface area contributed by atoms with Crippen LogP contribution in [0.4, 0.5) is 0 Å². The van der Waals surface area contributed by atoms with E-state index in [1.165, 1.54) is 11.3 Å². The molecule has 0 bridgehead atoms. The smallest absolute Gasteiger partial charge is 0.204 e. The highest BCUT2D eigenvalue weighted by Crippen LogP contribution is 2.21. The van der Waals surface area contributed by atoms with Crippen LogP contribution in [0.5, 0.6) is 0 Å². The van der Waals surface area contributed by atoms with Crippen LogP contribution in [0.25, 0.3) is 0 Å². The lowest BCUT2D eigenvalue weighted by Crippen LogP contribution is -2.52. The number of hydrogen-bond donors (Lipinski definition) is 1. The topological polar surface area (TPSA) is 49.4 Å². The quantitative estimate of drug-likeness (QED) is 0.820. The van der Waals surface area contributed by atoms with Crippen LogP contribution in [0.2, 0.25) is 0 Å². The molecule has 84 valence electrons. The molecule has 0 radical (unpaired) electrons. The minimum Gasteiger partial charge on any atom is -0.302 e. The van der Waals surface area contributed by atoms with E-state index in [0.717, 1.165) is 13.1 Å².